The van der Waals surface area contributed by atoms with Gasteiger partial charge in [0, 0.05) is 18.8 Å². The van der Waals surface area contributed by atoms with Crippen molar-refractivity contribution in [3.8, 4) is 6.07 Å². The molecule has 0 saturated heterocycles. The molecule has 0 amide bonds. The summed E-state index contributed by atoms with van der Waals surface area (Å²) in [6.07, 6.45) is 0. The second-order valence-electron chi connectivity index (χ2n) is 5.45. The van der Waals surface area contributed by atoms with E-state index in [1.54, 1.807) is 0 Å². The SMILES string of the molecule is CN(C)CC(C)(C)CNc1cccc(C#N)c1. The number of rotatable bonds is 5. The van der Waals surface area contributed by atoms with Gasteiger partial charge in [-0.05, 0) is 37.7 Å². The first-order chi connectivity index (χ1) is 7.93. The first-order valence-electron chi connectivity index (χ1n) is 5.82. The van der Waals surface area contributed by atoms with E-state index in [-0.39, 0.29) is 5.41 Å². The molecule has 0 saturated carbocycles. The summed E-state index contributed by atoms with van der Waals surface area (Å²) in [5.74, 6) is 0. The van der Waals surface area contributed by atoms with Crippen LogP contribution < -0.4 is 5.32 Å². The van der Waals surface area contributed by atoms with Gasteiger partial charge in [0.05, 0.1) is 11.6 Å². The Bertz CT molecular complexity index is 402. The third kappa shape index (κ3) is 4.88. The predicted molar refractivity (Wildman–Crippen MR) is 72.0 cm³/mol. The molecule has 0 spiro atoms. The third-order valence-electron chi connectivity index (χ3n) is 2.51. The first kappa shape index (κ1) is 13.5. The van der Waals surface area contributed by atoms with Gasteiger partial charge in [-0.2, -0.15) is 5.26 Å². The zero-order valence-electron chi connectivity index (χ0n) is 11.1. The molecular formula is C14H21N3. The largest absolute Gasteiger partial charge is 0.384 e. The van der Waals surface area contributed by atoms with Gasteiger partial charge < -0.3 is 10.2 Å². The fraction of sp³-hybridized carbons (Fsp3) is 0.500. The summed E-state index contributed by atoms with van der Waals surface area (Å²) in [5.41, 5.74) is 1.91. The molecule has 3 nitrogen and oxygen atoms in total. The lowest BCUT2D eigenvalue weighted by molar-refractivity contribution is 0.254. The maximum Gasteiger partial charge on any atom is 0.0992 e. The highest BCUT2D eigenvalue weighted by atomic mass is 15.1. The maximum atomic E-state index is 8.82. The van der Waals surface area contributed by atoms with E-state index in [0.717, 1.165) is 18.8 Å². The molecule has 0 aliphatic carbocycles. The Hall–Kier alpha value is -1.53. The Labute approximate surface area is 104 Å². The van der Waals surface area contributed by atoms with Crippen LogP contribution in [0.1, 0.15) is 19.4 Å². The van der Waals surface area contributed by atoms with Crippen molar-refractivity contribution in [1.29, 1.82) is 5.26 Å². The summed E-state index contributed by atoms with van der Waals surface area (Å²) >= 11 is 0. The van der Waals surface area contributed by atoms with Crippen molar-refractivity contribution >= 4 is 5.69 Å². The molecular weight excluding hydrogens is 210 g/mol. The van der Waals surface area contributed by atoms with Crippen LogP contribution in [0.25, 0.3) is 0 Å². The summed E-state index contributed by atoms with van der Waals surface area (Å²) in [4.78, 5) is 2.19. The van der Waals surface area contributed by atoms with Gasteiger partial charge in [-0.1, -0.05) is 19.9 Å². The van der Waals surface area contributed by atoms with Gasteiger partial charge in [0.1, 0.15) is 0 Å². The number of hydrogen-bond acceptors (Lipinski definition) is 3. The molecule has 1 N–H and O–H groups in total. The number of benzene rings is 1. The van der Waals surface area contributed by atoms with Crippen LogP contribution in [-0.4, -0.2) is 32.1 Å². The minimum atomic E-state index is 0.201. The minimum Gasteiger partial charge on any atom is -0.384 e. The summed E-state index contributed by atoms with van der Waals surface area (Å²) in [5, 5.41) is 12.2. The summed E-state index contributed by atoms with van der Waals surface area (Å²) < 4.78 is 0. The molecule has 3 heteroatoms. The van der Waals surface area contributed by atoms with Crippen LogP contribution in [0.4, 0.5) is 5.69 Å². The van der Waals surface area contributed by atoms with Crippen LogP contribution in [-0.2, 0) is 0 Å². The molecule has 0 radical (unpaired) electrons. The van der Waals surface area contributed by atoms with Crippen molar-refractivity contribution in [1.82, 2.24) is 4.90 Å². The van der Waals surface area contributed by atoms with E-state index in [1.165, 1.54) is 0 Å². The highest BCUT2D eigenvalue weighted by molar-refractivity contribution is 5.49. The van der Waals surface area contributed by atoms with Crippen molar-refractivity contribution in [3.05, 3.63) is 29.8 Å². The van der Waals surface area contributed by atoms with Crippen molar-refractivity contribution in [2.24, 2.45) is 5.41 Å². The van der Waals surface area contributed by atoms with Gasteiger partial charge in [0.2, 0.25) is 0 Å². The van der Waals surface area contributed by atoms with Crippen molar-refractivity contribution in [3.63, 3.8) is 0 Å². The highest BCUT2D eigenvalue weighted by Crippen LogP contribution is 2.18. The zero-order chi connectivity index (χ0) is 12.9. The molecule has 1 aromatic carbocycles. The fourth-order valence-electron chi connectivity index (χ4n) is 1.95. The average molecular weight is 231 g/mol. The topological polar surface area (TPSA) is 39.1 Å². The summed E-state index contributed by atoms with van der Waals surface area (Å²) in [6.45, 7) is 6.38. The highest BCUT2D eigenvalue weighted by Gasteiger charge is 2.18. The molecule has 0 bridgehead atoms. The maximum absolute atomic E-state index is 8.82. The Balaban J connectivity index is 2.58. The minimum absolute atomic E-state index is 0.201. The quantitative estimate of drug-likeness (QED) is 0.846. The van der Waals surface area contributed by atoms with Crippen molar-refractivity contribution in [2.75, 3.05) is 32.5 Å². The molecule has 92 valence electrons. The van der Waals surface area contributed by atoms with Crippen molar-refractivity contribution in [2.45, 2.75) is 13.8 Å². The van der Waals surface area contributed by atoms with Crippen molar-refractivity contribution < 1.29 is 0 Å². The van der Waals surface area contributed by atoms with Gasteiger partial charge in [-0.15, -0.1) is 0 Å². The number of nitrogens with one attached hydrogen (secondary N) is 1. The average Bonchev–Trinajstić information content (AvgIpc) is 2.25. The normalized spacial score (nSPS) is 11.3. The number of anilines is 1. The predicted octanol–water partition coefficient (Wildman–Crippen LogP) is 2.56. The van der Waals surface area contributed by atoms with Gasteiger partial charge in [-0.25, -0.2) is 0 Å². The molecule has 1 aromatic rings. The smallest absolute Gasteiger partial charge is 0.0992 e. The number of nitriles is 1. The molecule has 0 atom stereocenters. The molecule has 0 aliphatic rings. The molecule has 0 unspecified atom stereocenters. The monoisotopic (exact) mass is 231 g/mol. The third-order valence-corrected chi connectivity index (χ3v) is 2.51. The molecule has 0 aromatic heterocycles. The first-order valence-corrected chi connectivity index (χ1v) is 5.82. The van der Waals surface area contributed by atoms with E-state index >= 15 is 0 Å². The summed E-state index contributed by atoms with van der Waals surface area (Å²) in [7, 11) is 4.16. The Morgan fingerprint density at radius 3 is 2.65 bits per heavy atom. The Morgan fingerprint density at radius 2 is 2.06 bits per heavy atom. The van der Waals surface area contributed by atoms with Crippen LogP contribution in [0.2, 0.25) is 0 Å². The van der Waals surface area contributed by atoms with E-state index in [0.29, 0.717) is 5.56 Å². The van der Waals surface area contributed by atoms with Crippen LogP contribution in [0.3, 0.4) is 0 Å². The molecule has 0 aliphatic heterocycles. The van der Waals surface area contributed by atoms with E-state index in [4.69, 9.17) is 5.26 Å². The lowest BCUT2D eigenvalue weighted by Crippen LogP contribution is -2.34. The van der Waals surface area contributed by atoms with Crippen LogP contribution in [0.15, 0.2) is 24.3 Å². The lowest BCUT2D eigenvalue weighted by atomic mass is 9.93. The Morgan fingerprint density at radius 1 is 1.35 bits per heavy atom. The van der Waals surface area contributed by atoms with Crippen LogP contribution >= 0.6 is 0 Å². The molecule has 0 fully saturated rings. The van der Waals surface area contributed by atoms with E-state index in [2.05, 4.69) is 44.2 Å². The Kier molecular flexibility index (Phi) is 4.53. The van der Waals surface area contributed by atoms with Crippen LogP contribution in [0.5, 0.6) is 0 Å². The fourth-order valence-corrected chi connectivity index (χ4v) is 1.95. The standard InChI is InChI=1S/C14H21N3/c1-14(2,11-17(3)4)10-16-13-7-5-6-12(8-13)9-15/h5-8,16H,10-11H2,1-4H3. The number of hydrogen-bond donors (Lipinski definition) is 1. The van der Waals surface area contributed by atoms with E-state index in [1.807, 2.05) is 24.3 Å². The molecule has 17 heavy (non-hydrogen) atoms. The molecule has 0 heterocycles. The zero-order valence-corrected chi connectivity index (χ0v) is 11.1. The second kappa shape index (κ2) is 5.70. The van der Waals surface area contributed by atoms with E-state index < -0.39 is 0 Å². The van der Waals surface area contributed by atoms with Crippen LogP contribution in [0, 0.1) is 16.7 Å². The van der Waals surface area contributed by atoms with Gasteiger partial charge >= 0.3 is 0 Å². The van der Waals surface area contributed by atoms with E-state index in [9.17, 15) is 0 Å². The molecule has 1 rings (SSSR count). The van der Waals surface area contributed by atoms with Gasteiger partial charge in [-0.3, -0.25) is 0 Å². The second-order valence-corrected chi connectivity index (χ2v) is 5.45. The van der Waals surface area contributed by atoms with Gasteiger partial charge in [0.25, 0.3) is 0 Å². The van der Waals surface area contributed by atoms with Gasteiger partial charge in [0.15, 0.2) is 0 Å². The number of nitrogens with zero attached hydrogens (tertiary/aromatic N) is 2. The summed E-state index contributed by atoms with van der Waals surface area (Å²) in [6, 6.07) is 9.74. The lowest BCUT2D eigenvalue weighted by Gasteiger charge is -2.28.